The van der Waals surface area contributed by atoms with Crippen molar-refractivity contribution < 1.29 is 4.79 Å². The minimum Gasteiger partial charge on any atom is -0.339 e. The number of benzene rings is 2. The molecule has 0 atom stereocenters. The molecule has 2 aromatic carbocycles. The van der Waals surface area contributed by atoms with Crippen molar-refractivity contribution in [3.8, 4) is 17.3 Å². The van der Waals surface area contributed by atoms with Gasteiger partial charge >= 0.3 is 0 Å². The van der Waals surface area contributed by atoms with Gasteiger partial charge in [0.2, 0.25) is 11.9 Å². The number of carbonyl (C=O) groups excluding carboxylic acids is 1. The molecule has 0 radical (unpaired) electrons. The van der Waals surface area contributed by atoms with Gasteiger partial charge in [0.1, 0.15) is 11.9 Å². The van der Waals surface area contributed by atoms with Crippen molar-refractivity contribution in [3.05, 3.63) is 66.2 Å². The quantitative estimate of drug-likeness (QED) is 0.725. The summed E-state index contributed by atoms with van der Waals surface area (Å²) in [6.07, 6.45) is 0. The summed E-state index contributed by atoms with van der Waals surface area (Å²) in [5.74, 6) is 1.32. The third-order valence-corrected chi connectivity index (χ3v) is 5.10. The van der Waals surface area contributed by atoms with E-state index >= 15 is 0 Å². The van der Waals surface area contributed by atoms with E-state index in [2.05, 4.69) is 16.3 Å². The first-order valence-corrected chi connectivity index (χ1v) is 9.85. The first-order valence-electron chi connectivity index (χ1n) is 9.85. The number of anilines is 3. The number of amides is 1. The maximum atomic E-state index is 11.6. The zero-order valence-corrected chi connectivity index (χ0v) is 16.7. The van der Waals surface area contributed by atoms with Crippen molar-refractivity contribution in [2.24, 2.45) is 0 Å². The molecule has 1 N–H and O–H groups in total. The molecule has 1 aromatic heterocycles. The Labute approximate surface area is 175 Å². The first kappa shape index (κ1) is 19.4. The summed E-state index contributed by atoms with van der Waals surface area (Å²) in [4.78, 5) is 25.1. The monoisotopic (exact) mass is 398 g/mol. The number of carbonyl (C=O) groups is 1. The maximum Gasteiger partial charge on any atom is 0.228 e. The van der Waals surface area contributed by atoms with Gasteiger partial charge in [-0.05, 0) is 12.1 Å². The van der Waals surface area contributed by atoms with E-state index in [9.17, 15) is 10.1 Å². The van der Waals surface area contributed by atoms with E-state index in [1.807, 2.05) is 59.5 Å². The molecular formula is C23H22N6O. The Morgan fingerprint density at radius 2 is 1.70 bits per heavy atom. The number of nitrogens with one attached hydrogen (secondary N) is 1. The maximum absolute atomic E-state index is 11.6. The van der Waals surface area contributed by atoms with Crippen molar-refractivity contribution in [3.63, 3.8) is 0 Å². The number of rotatable bonds is 4. The largest absolute Gasteiger partial charge is 0.339 e. The molecule has 1 amide bonds. The van der Waals surface area contributed by atoms with E-state index in [1.165, 1.54) is 0 Å². The van der Waals surface area contributed by atoms with Crippen LogP contribution in [0.3, 0.4) is 0 Å². The standard InChI is InChI=1S/C23H22N6O/c1-17(30)28-11-13-29(14-12-28)23-26-21(18-7-3-2-4-8-18)15-22(27-23)25-20-10-6-5-9-19(20)16-24/h2-10,15H,11-14H2,1H3,(H,25,26,27). The van der Waals surface area contributed by atoms with Gasteiger partial charge in [-0.1, -0.05) is 42.5 Å². The summed E-state index contributed by atoms with van der Waals surface area (Å²) >= 11 is 0. The van der Waals surface area contributed by atoms with Gasteiger partial charge in [-0.15, -0.1) is 0 Å². The Bertz CT molecular complexity index is 1080. The number of aromatic nitrogens is 2. The zero-order valence-electron chi connectivity index (χ0n) is 16.7. The van der Waals surface area contributed by atoms with Crippen LogP contribution in [0.15, 0.2) is 60.7 Å². The van der Waals surface area contributed by atoms with Crippen LogP contribution in [-0.4, -0.2) is 47.0 Å². The summed E-state index contributed by atoms with van der Waals surface area (Å²) in [7, 11) is 0. The molecule has 150 valence electrons. The van der Waals surface area contributed by atoms with Crippen LogP contribution in [0.25, 0.3) is 11.3 Å². The molecule has 4 rings (SSSR count). The van der Waals surface area contributed by atoms with Gasteiger partial charge in [0.05, 0.1) is 16.9 Å². The summed E-state index contributed by atoms with van der Waals surface area (Å²) in [5, 5.41) is 12.7. The van der Waals surface area contributed by atoms with Crippen LogP contribution < -0.4 is 10.2 Å². The lowest BCUT2D eigenvalue weighted by Crippen LogP contribution is -2.48. The van der Waals surface area contributed by atoms with E-state index in [0.717, 1.165) is 11.3 Å². The van der Waals surface area contributed by atoms with Gasteiger partial charge in [-0.2, -0.15) is 10.2 Å². The Morgan fingerprint density at radius 1 is 1.00 bits per heavy atom. The average Bonchev–Trinajstić information content (AvgIpc) is 2.80. The average molecular weight is 398 g/mol. The lowest BCUT2D eigenvalue weighted by atomic mass is 10.1. The molecule has 7 nitrogen and oxygen atoms in total. The molecule has 0 saturated carbocycles. The number of nitriles is 1. The van der Waals surface area contributed by atoms with Crippen LogP contribution in [0.1, 0.15) is 12.5 Å². The van der Waals surface area contributed by atoms with E-state index in [0.29, 0.717) is 49.2 Å². The number of hydrogen-bond donors (Lipinski definition) is 1. The zero-order chi connectivity index (χ0) is 20.9. The molecular weight excluding hydrogens is 376 g/mol. The molecule has 3 aromatic rings. The fourth-order valence-corrected chi connectivity index (χ4v) is 3.45. The number of hydrogen-bond acceptors (Lipinski definition) is 6. The van der Waals surface area contributed by atoms with Gasteiger partial charge in [-0.25, -0.2) is 4.98 Å². The van der Waals surface area contributed by atoms with Crippen LogP contribution >= 0.6 is 0 Å². The normalized spacial score (nSPS) is 13.6. The van der Waals surface area contributed by atoms with Crippen LogP contribution in [0.5, 0.6) is 0 Å². The van der Waals surface area contributed by atoms with Crippen molar-refractivity contribution in [2.45, 2.75) is 6.92 Å². The van der Waals surface area contributed by atoms with Gasteiger partial charge < -0.3 is 15.1 Å². The Kier molecular flexibility index (Phi) is 5.57. The van der Waals surface area contributed by atoms with Crippen molar-refractivity contribution in [1.82, 2.24) is 14.9 Å². The van der Waals surface area contributed by atoms with Gasteiger partial charge in [0, 0.05) is 44.7 Å². The summed E-state index contributed by atoms with van der Waals surface area (Å²) in [5.41, 5.74) is 3.03. The first-order chi connectivity index (χ1) is 14.6. The molecule has 1 fully saturated rings. The van der Waals surface area contributed by atoms with E-state index in [-0.39, 0.29) is 5.91 Å². The third-order valence-electron chi connectivity index (χ3n) is 5.10. The molecule has 30 heavy (non-hydrogen) atoms. The molecule has 1 aliphatic rings. The second-order valence-electron chi connectivity index (χ2n) is 7.08. The highest BCUT2D eigenvalue weighted by molar-refractivity contribution is 5.74. The minimum absolute atomic E-state index is 0.0871. The van der Waals surface area contributed by atoms with Gasteiger partial charge in [-0.3, -0.25) is 4.79 Å². The Morgan fingerprint density at radius 3 is 2.40 bits per heavy atom. The second kappa shape index (κ2) is 8.62. The number of nitrogens with zero attached hydrogens (tertiary/aromatic N) is 5. The smallest absolute Gasteiger partial charge is 0.228 e. The number of piperazine rings is 1. The summed E-state index contributed by atoms with van der Waals surface area (Å²) in [6, 6.07) is 21.4. The molecule has 1 saturated heterocycles. The minimum atomic E-state index is 0.0871. The fraction of sp³-hybridized carbons (Fsp3) is 0.217. The number of para-hydroxylation sites is 1. The Balaban J connectivity index is 1.69. The molecule has 0 unspecified atom stereocenters. The fourth-order valence-electron chi connectivity index (χ4n) is 3.45. The highest BCUT2D eigenvalue weighted by atomic mass is 16.2. The van der Waals surface area contributed by atoms with Crippen molar-refractivity contribution in [2.75, 3.05) is 36.4 Å². The topological polar surface area (TPSA) is 85.2 Å². The molecule has 1 aliphatic heterocycles. The van der Waals surface area contributed by atoms with Crippen LogP contribution in [-0.2, 0) is 4.79 Å². The van der Waals surface area contributed by atoms with Crippen LogP contribution in [0.4, 0.5) is 17.5 Å². The highest BCUT2D eigenvalue weighted by Crippen LogP contribution is 2.26. The van der Waals surface area contributed by atoms with Gasteiger partial charge in [0.15, 0.2) is 0 Å². The molecule has 7 heteroatoms. The Hall–Kier alpha value is -3.92. The van der Waals surface area contributed by atoms with Crippen molar-refractivity contribution >= 4 is 23.4 Å². The molecule has 0 aliphatic carbocycles. The highest BCUT2D eigenvalue weighted by Gasteiger charge is 2.21. The predicted octanol–water partition coefficient (Wildman–Crippen LogP) is 3.43. The van der Waals surface area contributed by atoms with Crippen LogP contribution in [0, 0.1) is 11.3 Å². The summed E-state index contributed by atoms with van der Waals surface area (Å²) < 4.78 is 0. The third kappa shape index (κ3) is 4.23. The molecule has 0 bridgehead atoms. The van der Waals surface area contributed by atoms with E-state index < -0.39 is 0 Å². The van der Waals surface area contributed by atoms with Gasteiger partial charge in [0.25, 0.3) is 0 Å². The molecule has 2 heterocycles. The second-order valence-corrected chi connectivity index (χ2v) is 7.08. The predicted molar refractivity (Wildman–Crippen MR) is 116 cm³/mol. The SMILES string of the molecule is CC(=O)N1CCN(c2nc(Nc3ccccc3C#N)cc(-c3ccccc3)n2)CC1. The van der Waals surface area contributed by atoms with Crippen LogP contribution in [0.2, 0.25) is 0 Å². The van der Waals surface area contributed by atoms with Crippen molar-refractivity contribution in [1.29, 1.82) is 5.26 Å². The van der Waals surface area contributed by atoms with E-state index in [4.69, 9.17) is 9.97 Å². The lowest BCUT2D eigenvalue weighted by Gasteiger charge is -2.34. The van der Waals surface area contributed by atoms with E-state index in [1.54, 1.807) is 13.0 Å². The molecule has 0 spiro atoms. The summed E-state index contributed by atoms with van der Waals surface area (Å²) in [6.45, 7) is 4.23. The lowest BCUT2D eigenvalue weighted by molar-refractivity contribution is -0.129.